The monoisotopic (exact) mass is 217 g/mol. The van der Waals surface area contributed by atoms with Gasteiger partial charge in [0.05, 0.1) is 0 Å². The molecule has 1 saturated heterocycles. The molecule has 0 saturated carbocycles. The van der Waals surface area contributed by atoms with E-state index < -0.39 is 0 Å². The quantitative estimate of drug-likeness (QED) is 0.674. The summed E-state index contributed by atoms with van der Waals surface area (Å²) >= 11 is 0. The third-order valence-electron chi connectivity index (χ3n) is 4.03. The number of hydrogen-bond acceptors (Lipinski definition) is 2. The van der Waals surface area contributed by atoms with Crippen molar-refractivity contribution in [2.45, 2.75) is 52.5 Å². The summed E-state index contributed by atoms with van der Waals surface area (Å²) in [5.41, 5.74) is 3.36. The van der Waals surface area contributed by atoms with Crippen LogP contribution in [-0.2, 0) is 4.65 Å². The predicted molar refractivity (Wildman–Crippen MR) is 68.3 cm³/mol. The van der Waals surface area contributed by atoms with Crippen molar-refractivity contribution in [1.29, 1.82) is 0 Å². The second kappa shape index (κ2) is 3.33. The van der Waals surface area contributed by atoms with Gasteiger partial charge in [-0.25, -0.2) is 0 Å². The lowest BCUT2D eigenvalue weighted by atomic mass is 9.33. The van der Waals surface area contributed by atoms with Crippen molar-refractivity contribution in [1.82, 2.24) is 4.98 Å². The molecule has 3 heteroatoms. The van der Waals surface area contributed by atoms with E-state index in [4.69, 9.17) is 4.65 Å². The summed E-state index contributed by atoms with van der Waals surface area (Å²) in [6.07, 6.45) is 0. The van der Waals surface area contributed by atoms with E-state index in [-0.39, 0.29) is 17.8 Å². The maximum Gasteiger partial charge on any atom is 0.335 e. The molecular weight excluding hydrogens is 197 g/mol. The fourth-order valence-corrected chi connectivity index (χ4v) is 2.35. The first-order chi connectivity index (χ1) is 7.24. The van der Waals surface area contributed by atoms with Crippen LogP contribution in [-0.4, -0.2) is 17.5 Å². The molecule has 0 radical (unpaired) electrons. The van der Waals surface area contributed by atoms with Crippen molar-refractivity contribution >= 4 is 12.4 Å². The van der Waals surface area contributed by atoms with Crippen molar-refractivity contribution in [2.75, 3.05) is 0 Å². The molecule has 1 aliphatic rings. The van der Waals surface area contributed by atoms with Crippen LogP contribution in [0.15, 0.2) is 12.1 Å². The zero-order valence-corrected chi connectivity index (χ0v) is 11.1. The van der Waals surface area contributed by atoms with Crippen LogP contribution in [0.2, 0.25) is 5.31 Å². The summed E-state index contributed by atoms with van der Waals surface area (Å²) in [5.74, 6) is 0. The molecule has 2 heterocycles. The first-order valence-corrected chi connectivity index (χ1v) is 5.87. The van der Waals surface area contributed by atoms with Crippen LogP contribution in [0, 0.1) is 13.8 Å². The standard InChI is InChI=1S/C13H20BNO/c1-9-7-11(8-10(2)15-9)14-12(3,4)13(5,6)16-14/h7-8H,1-6H3. The largest absolute Gasteiger partial charge is 0.425 e. The van der Waals surface area contributed by atoms with Gasteiger partial charge in [0.1, 0.15) is 0 Å². The second-order valence-electron chi connectivity index (χ2n) is 5.91. The molecule has 0 N–H and O–H groups in total. The Bertz CT molecular complexity index is 406. The molecule has 0 aliphatic carbocycles. The van der Waals surface area contributed by atoms with E-state index in [1.54, 1.807) is 0 Å². The minimum absolute atomic E-state index is 0.0389. The Morgan fingerprint density at radius 3 is 1.94 bits per heavy atom. The zero-order chi connectivity index (χ0) is 12.1. The van der Waals surface area contributed by atoms with Gasteiger partial charge in [-0.15, -0.1) is 0 Å². The lowest BCUT2D eigenvalue weighted by Gasteiger charge is -2.57. The average molecular weight is 217 g/mol. The topological polar surface area (TPSA) is 22.1 Å². The van der Waals surface area contributed by atoms with E-state index >= 15 is 0 Å². The number of aromatic nitrogens is 1. The van der Waals surface area contributed by atoms with E-state index in [1.165, 1.54) is 5.46 Å². The Kier molecular flexibility index (Phi) is 2.43. The fourth-order valence-electron chi connectivity index (χ4n) is 2.35. The number of pyridine rings is 1. The highest BCUT2D eigenvalue weighted by atomic mass is 16.5. The van der Waals surface area contributed by atoms with E-state index in [9.17, 15) is 0 Å². The molecule has 0 unspecified atom stereocenters. The summed E-state index contributed by atoms with van der Waals surface area (Å²) in [5, 5.41) is 0.174. The van der Waals surface area contributed by atoms with Gasteiger partial charge in [0, 0.05) is 22.3 Å². The Morgan fingerprint density at radius 2 is 1.56 bits per heavy atom. The van der Waals surface area contributed by atoms with E-state index in [0.717, 1.165) is 11.4 Å². The maximum atomic E-state index is 6.01. The lowest BCUT2D eigenvalue weighted by molar-refractivity contribution is -0.00941. The van der Waals surface area contributed by atoms with Gasteiger partial charge in [0.2, 0.25) is 0 Å². The molecule has 1 fully saturated rings. The van der Waals surface area contributed by atoms with Gasteiger partial charge in [-0.1, -0.05) is 13.8 Å². The highest BCUT2D eigenvalue weighted by molar-refractivity contribution is 6.73. The molecule has 2 rings (SSSR count). The minimum Gasteiger partial charge on any atom is -0.425 e. The van der Waals surface area contributed by atoms with Gasteiger partial charge in [0.15, 0.2) is 0 Å². The van der Waals surface area contributed by atoms with Crippen molar-refractivity contribution < 1.29 is 4.65 Å². The van der Waals surface area contributed by atoms with Crippen molar-refractivity contribution in [2.24, 2.45) is 0 Å². The van der Waals surface area contributed by atoms with Crippen molar-refractivity contribution in [3.8, 4) is 0 Å². The Hall–Kier alpha value is -0.825. The summed E-state index contributed by atoms with van der Waals surface area (Å²) < 4.78 is 6.01. The average Bonchev–Trinajstić information content (AvgIpc) is 2.12. The van der Waals surface area contributed by atoms with Gasteiger partial charge < -0.3 is 4.65 Å². The van der Waals surface area contributed by atoms with Crippen LogP contribution in [0.25, 0.3) is 0 Å². The number of hydrogen-bond donors (Lipinski definition) is 0. The molecular formula is C13H20BNO. The minimum atomic E-state index is -0.0389. The van der Waals surface area contributed by atoms with E-state index in [0.29, 0.717) is 0 Å². The summed E-state index contributed by atoms with van der Waals surface area (Å²) in [6, 6.07) is 4.27. The van der Waals surface area contributed by atoms with Crippen LogP contribution in [0.5, 0.6) is 0 Å². The zero-order valence-electron chi connectivity index (χ0n) is 11.1. The summed E-state index contributed by atoms with van der Waals surface area (Å²) in [4.78, 5) is 4.40. The first-order valence-electron chi connectivity index (χ1n) is 5.87. The molecule has 16 heavy (non-hydrogen) atoms. The molecule has 0 atom stereocenters. The second-order valence-corrected chi connectivity index (χ2v) is 5.91. The number of aryl methyl sites for hydroxylation is 2. The van der Waals surface area contributed by atoms with Gasteiger partial charge in [-0.05, 0) is 45.3 Å². The molecule has 1 aromatic rings. The van der Waals surface area contributed by atoms with Gasteiger partial charge in [-0.2, -0.15) is 0 Å². The Labute approximate surface area is 98.5 Å². The van der Waals surface area contributed by atoms with E-state index in [2.05, 4.69) is 44.8 Å². The number of nitrogens with zero attached hydrogens (tertiary/aromatic N) is 1. The molecule has 2 nitrogen and oxygen atoms in total. The molecule has 0 amide bonds. The first kappa shape index (κ1) is 11.7. The molecule has 1 aromatic heterocycles. The van der Waals surface area contributed by atoms with Crippen LogP contribution in [0.1, 0.15) is 39.1 Å². The SMILES string of the molecule is Cc1cc(B2OC(C)(C)C2(C)C)cc(C)n1. The van der Waals surface area contributed by atoms with Crippen LogP contribution in [0.4, 0.5) is 0 Å². The predicted octanol–water partition coefficient (Wildman–Crippen LogP) is 2.49. The molecule has 0 aromatic carbocycles. The van der Waals surface area contributed by atoms with Crippen molar-refractivity contribution in [3.63, 3.8) is 0 Å². The maximum absolute atomic E-state index is 6.01. The van der Waals surface area contributed by atoms with Crippen LogP contribution < -0.4 is 5.46 Å². The fraction of sp³-hybridized carbons (Fsp3) is 0.615. The summed E-state index contributed by atoms with van der Waals surface area (Å²) in [6.45, 7) is 13.1. The van der Waals surface area contributed by atoms with Crippen LogP contribution in [0.3, 0.4) is 0 Å². The van der Waals surface area contributed by atoms with Gasteiger partial charge in [0.25, 0.3) is 0 Å². The molecule has 86 valence electrons. The van der Waals surface area contributed by atoms with Gasteiger partial charge >= 0.3 is 6.92 Å². The summed E-state index contributed by atoms with van der Waals surface area (Å²) in [7, 11) is 0. The highest BCUT2D eigenvalue weighted by Crippen LogP contribution is 2.53. The van der Waals surface area contributed by atoms with Crippen molar-refractivity contribution in [3.05, 3.63) is 23.5 Å². The normalized spacial score (nSPS) is 21.8. The molecule has 0 bridgehead atoms. The Morgan fingerprint density at radius 1 is 1.06 bits per heavy atom. The smallest absolute Gasteiger partial charge is 0.335 e. The molecule has 0 spiro atoms. The molecule has 1 aliphatic heterocycles. The van der Waals surface area contributed by atoms with E-state index in [1.807, 2.05) is 13.8 Å². The van der Waals surface area contributed by atoms with Crippen LogP contribution >= 0.6 is 0 Å². The highest BCUT2D eigenvalue weighted by Gasteiger charge is 2.59. The Balaban J connectivity index is 2.34. The van der Waals surface area contributed by atoms with Gasteiger partial charge in [-0.3, -0.25) is 4.98 Å². The third kappa shape index (κ3) is 1.58. The lowest BCUT2D eigenvalue weighted by Crippen LogP contribution is -2.66. The third-order valence-corrected chi connectivity index (χ3v) is 4.03. The number of rotatable bonds is 1.